The predicted octanol–water partition coefficient (Wildman–Crippen LogP) is 3.11. The Balaban J connectivity index is 1.60. The van der Waals surface area contributed by atoms with Crippen LogP contribution in [0.3, 0.4) is 0 Å². The molecule has 1 saturated heterocycles. The van der Waals surface area contributed by atoms with Crippen LogP contribution >= 0.6 is 0 Å². The van der Waals surface area contributed by atoms with Crippen molar-refractivity contribution in [2.45, 2.75) is 25.2 Å². The van der Waals surface area contributed by atoms with E-state index in [9.17, 15) is 13.2 Å². The van der Waals surface area contributed by atoms with E-state index in [0.717, 1.165) is 0 Å². The van der Waals surface area contributed by atoms with Gasteiger partial charge in [-0.3, -0.25) is 4.40 Å². The first-order valence-electron chi connectivity index (χ1n) is 8.61. The van der Waals surface area contributed by atoms with Gasteiger partial charge in [-0.05, 0) is 31.2 Å². The number of pyridine rings is 2. The summed E-state index contributed by atoms with van der Waals surface area (Å²) in [6.07, 6.45) is 2.74. The summed E-state index contributed by atoms with van der Waals surface area (Å²) in [7, 11) is 0. The molecule has 2 atom stereocenters. The van der Waals surface area contributed by atoms with E-state index in [1.165, 1.54) is 12.1 Å². The molecule has 0 unspecified atom stereocenters. The SMILES string of the molecule is FC(F)Oc1ccn2c(-c3cccc(N[C@H]4CNCC[C@@H]4F)n3)cnc2c1. The maximum Gasteiger partial charge on any atom is 0.387 e. The molecular weight excluding hydrogens is 359 g/mol. The van der Waals surface area contributed by atoms with Crippen LogP contribution in [0.2, 0.25) is 0 Å². The molecule has 0 saturated carbocycles. The Bertz CT molecular complexity index is 932. The van der Waals surface area contributed by atoms with Gasteiger partial charge in [-0.15, -0.1) is 0 Å². The van der Waals surface area contributed by atoms with Crippen molar-refractivity contribution < 1.29 is 17.9 Å². The van der Waals surface area contributed by atoms with Gasteiger partial charge in [-0.1, -0.05) is 6.07 Å². The number of fused-ring (bicyclic) bond motifs is 1. The minimum Gasteiger partial charge on any atom is -0.435 e. The van der Waals surface area contributed by atoms with Gasteiger partial charge in [0.2, 0.25) is 0 Å². The van der Waals surface area contributed by atoms with E-state index in [2.05, 4.69) is 25.3 Å². The van der Waals surface area contributed by atoms with E-state index in [1.54, 1.807) is 22.9 Å². The van der Waals surface area contributed by atoms with Gasteiger partial charge in [-0.25, -0.2) is 14.4 Å². The third-order valence-corrected chi connectivity index (χ3v) is 4.45. The van der Waals surface area contributed by atoms with Crippen LogP contribution in [0.4, 0.5) is 19.0 Å². The lowest BCUT2D eigenvalue weighted by molar-refractivity contribution is -0.0498. The smallest absolute Gasteiger partial charge is 0.387 e. The van der Waals surface area contributed by atoms with Crippen molar-refractivity contribution in [3.05, 3.63) is 42.7 Å². The molecule has 9 heteroatoms. The molecule has 0 spiro atoms. The normalized spacial score (nSPS) is 20.1. The number of piperidine rings is 1. The molecule has 27 heavy (non-hydrogen) atoms. The molecule has 0 aliphatic carbocycles. The summed E-state index contributed by atoms with van der Waals surface area (Å²) < 4.78 is 44.9. The maximum atomic E-state index is 14.0. The summed E-state index contributed by atoms with van der Waals surface area (Å²) in [5, 5.41) is 6.29. The Morgan fingerprint density at radius 2 is 2.19 bits per heavy atom. The molecule has 0 bridgehead atoms. The van der Waals surface area contributed by atoms with Crippen molar-refractivity contribution in [1.82, 2.24) is 19.7 Å². The largest absolute Gasteiger partial charge is 0.435 e. The minimum absolute atomic E-state index is 0.0387. The van der Waals surface area contributed by atoms with E-state index in [-0.39, 0.29) is 11.8 Å². The van der Waals surface area contributed by atoms with E-state index in [4.69, 9.17) is 0 Å². The van der Waals surface area contributed by atoms with Crippen LogP contribution in [0, 0.1) is 0 Å². The first-order chi connectivity index (χ1) is 13.1. The quantitative estimate of drug-likeness (QED) is 0.715. The highest BCUT2D eigenvalue weighted by molar-refractivity contribution is 5.62. The number of rotatable bonds is 5. The van der Waals surface area contributed by atoms with Gasteiger partial charge in [0, 0.05) is 18.8 Å². The molecule has 1 aliphatic heterocycles. The number of nitrogens with one attached hydrogen (secondary N) is 2. The van der Waals surface area contributed by atoms with Crippen molar-refractivity contribution in [1.29, 1.82) is 0 Å². The summed E-state index contributed by atoms with van der Waals surface area (Å²) in [5.74, 6) is 0.605. The number of nitrogens with zero attached hydrogens (tertiary/aromatic N) is 3. The molecular formula is C18H18F3N5O. The Morgan fingerprint density at radius 1 is 1.30 bits per heavy atom. The fraction of sp³-hybridized carbons (Fsp3) is 0.333. The minimum atomic E-state index is -2.89. The molecule has 1 aliphatic rings. The van der Waals surface area contributed by atoms with Crippen LogP contribution in [0.15, 0.2) is 42.7 Å². The van der Waals surface area contributed by atoms with Gasteiger partial charge in [-0.2, -0.15) is 8.78 Å². The molecule has 6 nitrogen and oxygen atoms in total. The highest BCUT2D eigenvalue weighted by Crippen LogP contribution is 2.24. The monoisotopic (exact) mass is 377 g/mol. The number of anilines is 1. The van der Waals surface area contributed by atoms with Crippen LogP contribution in [-0.2, 0) is 0 Å². The predicted molar refractivity (Wildman–Crippen MR) is 94.8 cm³/mol. The van der Waals surface area contributed by atoms with Crippen LogP contribution in [0.25, 0.3) is 17.0 Å². The van der Waals surface area contributed by atoms with Crippen LogP contribution in [-0.4, -0.2) is 46.3 Å². The van der Waals surface area contributed by atoms with Gasteiger partial charge in [0.1, 0.15) is 23.4 Å². The van der Waals surface area contributed by atoms with Crippen molar-refractivity contribution in [2.75, 3.05) is 18.4 Å². The molecule has 0 radical (unpaired) electrons. The molecule has 1 fully saturated rings. The Morgan fingerprint density at radius 3 is 3.00 bits per heavy atom. The number of alkyl halides is 3. The summed E-state index contributed by atoms with van der Waals surface area (Å²) >= 11 is 0. The third-order valence-electron chi connectivity index (χ3n) is 4.45. The van der Waals surface area contributed by atoms with Crippen LogP contribution in [0.5, 0.6) is 5.75 Å². The zero-order valence-corrected chi connectivity index (χ0v) is 14.3. The summed E-state index contributed by atoms with van der Waals surface area (Å²) in [5.41, 5.74) is 1.79. The van der Waals surface area contributed by atoms with Gasteiger partial charge in [0.25, 0.3) is 0 Å². The Kier molecular flexibility index (Phi) is 4.85. The first kappa shape index (κ1) is 17.6. The highest BCUT2D eigenvalue weighted by Gasteiger charge is 2.24. The van der Waals surface area contributed by atoms with Gasteiger partial charge >= 0.3 is 6.61 Å². The lowest BCUT2D eigenvalue weighted by Gasteiger charge is -2.28. The van der Waals surface area contributed by atoms with Gasteiger partial charge in [0.15, 0.2) is 0 Å². The Labute approximate surface area is 153 Å². The molecule has 0 amide bonds. The standard InChI is InChI=1S/C18H18F3N5O/c19-12-4-6-22-9-14(12)25-16-3-1-2-13(24-16)15-10-23-17-8-11(27-18(20)21)5-7-26(15)17/h1-3,5,7-8,10,12,14,18,22H,4,6,9H2,(H,24,25)/t12-,14-/m0/s1. The van der Waals surface area contributed by atoms with Crippen molar-refractivity contribution in [2.24, 2.45) is 0 Å². The summed E-state index contributed by atoms with van der Waals surface area (Å²) in [4.78, 5) is 8.78. The van der Waals surface area contributed by atoms with Crippen LogP contribution < -0.4 is 15.4 Å². The fourth-order valence-corrected chi connectivity index (χ4v) is 3.14. The molecule has 4 heterocycles. The second-order valence-electron chi connectivity index (χ2n) is 6.28. The summed E-state index contributed by atoms with van der Waals surface area (Å²) in [6, 6.07) is 7.94. The second kappa shape index (κ2) is 7.43. The average Bonchev–Trinajstić information content (AvgIpc) is 3.07. The fourth-order valence-electron chi connectivity index (χ4n) is 3.14. The molecule has 0 aromatic carbocycles. The number of hydrogen-bond acceptors (Lipinski definition) is 5. The lowest BCUT2D eigenvalue weighted by Crippen LogP contribution is -2.46. The van der Waals surface area contributed by atoms with E-state index in [0.29, 0.717) is 42.4 Å². The topological polar surface area (TPSA) is 63.5 Å². The highest BCUT2D eigenvalue weighted by atomic mass is 19.3. The molecule has 3 aromatic rings. The average molecular weight is 377 g/mol. The molecule has 4 rings (SSSR count). The molecule has 2 N–H and O–H groups in total. The lowest BCUT2D eigenvalue weighted by atomic mass is 10.1. The first-order valence-corrected chi connectivity index (χ1v) is 8.61. The third kappa shape index (κ3) is 3.82. The molecule has 3 aromatic heterocycles. The van der Waals surface area contributed by atoms with Gasteiger partial charge in [0.05, 0.1) is 23.6 Å². The van der Waals surface area contributed by atoms with Crippen molar-refractivity contribution in [3.8, 4) is 17.1 Å². The maximum absolute atomic E-state index is 14.0. The van der Waals surface area contributed by atoms with Crippen LogP contribution in [0.1, 0.15) is 6.42 Å². The molecule has 142 valence electrons. The number of ether oxygens (including phenoxy) is 1. The van der Waals surface area contributed by atoms with Crippen molar-refractivity contribution in [3.63, 3.8) is 0 Å². The van der Waals surface area contributed by atoms with E-state index < -0.39 is 12.8 Å². The number of hydrogen-bond donors (Lipinski definition) is 2. The van der Waals surface area contributed by atoms with Crippen molar-refractivity contribution >= 4 is 11.5 Å². The zero-order valence-electron chi connectivity index (χ0n) is 14.3. The second-order valence-corrected chi connectivity index (χ2v) is 6.28. The number of aromatic nitrogens is 3. The van der Waals surface area contributed by atoms with E-state index >= 15 is 0 Å². The number of halogens is 3. The summed E-state index contributed by atoms with van der Waals surface area (Å²) in [6.45, 7) is -1.68. The number of imidazole rings is 1. The zero-order chi connectivity index (χ0) is 18.8. The Hall–Kier alpha value is -2.81. The van der Waals surface area contributed by atoms with Gasteiger partial charge < -0.3 is 15.4 Å². The van der Waals surface area contributed by atoms with E-state index in [1.807, 2.05) is 12.1 Å².